The van der Waals surface area contributed by atoms with Crippen LogP contribution in [0.25, 0.3) is 0 Å². The van der Waals surface area contributed by atoms with Crippen LogP contribution in [0, 0.1) is 0 Å². The Hall–Kier alpha value is -1.10. The van der Waals surface area contributed by atoms with Gasteiger partial charge in [-0.2, -0.15) is 0 Å². The van der Waals surface area contributed by atoms with E-state index in [1.54, 1.807) is 20.9 Å². The van der Waals surface area contributed by atoms with Crippen LogP contribution in [0.4, 0.5) is 0 Å². The van der Waals surface area contributed by atoms with Gasteiger partial charge >= 0.3 is 5.97 Å². The molecule has 0 radical (unpaired) electrons. The number of amides is 1. The second kappa shape index (κ2) is 4.82. The summed E-state index contributed by atoms with van der Waals surface area (Å²) in [5.74, 6) is -1.12. The van der Waals surface area contributed by atoms with Crippen LogP contribution in [0.1, 0.15) is 34.6 Å². The van der Waals surface area contributed by atoms with Gasteiger partial charge in [-0.3, -0.25) is 14.5 Å². The number of nitrogens with one attached hydrogen (secondary N) is 1. The lowest BCUT2D eigenvalue weighted by Gasteiger charge is -2.32. The predicted molar refractivity (Wildman–Crippen MR) is 62.2 cm³/mol. The standard InChI is InChI=1S/C11H22N2O3/c1-10(2,3)12-8(14)7-13(6)11(4,5)9(15)16/h7H2,1-6H3,(H,12,14)(H,15,16). The van der Waals surface area contributed by atoms with Crippen LogP contribution in [-0.4, -0.2) is 46.6 Å². The molecule has 0 saturated carbocycles. The first-order valence-corrected chi connectivity index (χ1v) is 5.22. The molecule has 0 aromatic heterocycles. The zero-order valence-corrected chi connectivity index (χ0v) is 10.9. The van der Waals surface area contributed by atoms with Gasteiger partial charge < -0.3 is 10.4 Å². The highest BCUT2D eigenvalue weighted by molar-refractivity contribution is 5.81. The summed E-state index contributed by atoms with van der Waals surface area (Å²) in [4.78, 5) is 24.1. The van der Waals surface area contributed by atoms with E-state index >= 15 is 0 Å². The largest absolute Gasteiger partial charge is 0.480 e. The first kappa shape index (κ1) is 14.9. The van der Waals surface area contributed by atoms with E-state index in [2.05, 4.69) is 5.32 Å². The Balaban J connectivity index is 4.41. The molecule has 0 unspecified atom stereocenters. The van der Waals surface area contributed by atoms with E-state index in [-0.39, 0.29) is 18.0 Å². The normalized spacial score (nSPS) is 12.7. The van der Waals surface area contributed by atoms with Crippen LogP contribution in [0.3, 0.4) is 0 Å². The van der Waals surface area contributed by atoms with Gasteiger partial charge in [-0.15, -0.1) is 0 Å². The Morgan fingerprint density at radius 1 is 1.19 bits per heavy atom. The summed E-state index contributed by atoms with van der Waals surface area (Å²) in [6.45, 7) is 8.85. The Kier molecular flexibility index (Phi) is 4.49. The number of carboxylic acid groups (broad SMARTS) is 1. The molecule has 0 fully saturated rings. The van der Waals surface area contributed by atoms with Crippen molar-refractivity contribution >= 4 is 11.9 Å². The predicted octanol–water partition coefficient (Wildman–Crippen LogP) is 0.696. The molecule has 0 spiro atoms. The van der Waals surface area contributed by atoms with Crippen molar-refractivity contribution in [1.82, 2.24) is 10.2 Å². The average molecular weight is 230 g/mol. The van der Waals surface area contributed by atoms with Crippen LogP contribution in [0.5, 0.6) is 0 Å². The fourth-order valence-electron chi connectivity index (χ4n) is 1.03. The van der Waals surface area contributed by atoms with Gasteiger partial charge in [0.1, 0.15) is 5.54 Å². The molecule has 2 N–H and O–H groups in total. The molecular formula is C11H22N2O3. The van der Waals surface area contributed by atoms with E-state index in [4.69, 9.17) is 5.11 Å². The zero-order chi connectivity index (χ0) is 13.1. The van der Waals surface area contributed by atoms with Crippen molar-refractivity contribution in [2.45, 2.75) is 45.7 Å². The molecule has 5 nitrogen and oxygen atoms in total. The number of aliphatic carboxylic acids is 1. The van der Waals surface area contributed by atoms with E-state index < -0.39 is 11.5 Å². The fourth-order valence-corrected chi connectivity index (χ4v) is 1.03. The van der Waals surface area contributed by atoms with E-state index in [1.165, 1.54) is 4.90 Å². The molecule has 0 aromatic carbocycles. The summed E-state index contributed by atoms with van der Waals surface area (Å²) in [6.07, 6.45) is 0. The van der Waals surface area contributed by atoms with Gasteiger partial charge in [0.25, 0.3) is 0 Å². The summed E-state index contributed by atoms with van der Waals surface area (Å²) in [5.41, 5.74) is -1.35. The molecule has 0 aliphatic heterocycles. The molecule has 0 saturated heterocycles. The summed E-state index contributed by atoms with van der Waals surface area (Å²) in [5, 5.41) is 11.8. The minimum atomic E-state index is -1.05. The van der Waals surface area contributed by atoms with Crippen LogP contribution in [0.15, 0.2) is 0 Å². The first-order valence-electron chi connectivity index (χ1n) is 5.22. The lowest BCUT2D eigenvalue weighted by Crippen LogP contribution is -2.53. The van der Waals surface area contributed by atoms with Gasteiger partial charge in [-0.05, 0) is 41.7 Å². The van der Waals surface area contributed by atoms with E-state index in [0.717, 1.165) is 0 Å². The molecule has 0 aromatic rings. The second-order valence-electron chi connectivity index (χ2n) is 5.52. The zero-order valence-electron chi connectivity index (χ0n) is 10.9. The Bertz CT molecular complexity index is 279. The van der Waals surface area contributed by atoms with E-state index in [1.807, 2.05) is 20.8 Å². The maximum Gasteiger partial charge on any atom is 0.323 e. The monoisotopic (exact) mass is 230 g/mol. The minimum absolute atomic E-state index is 0.0660. The van der Waals surface area contributed by atoms with Gasteiger partial charge in [0, 0.05) is 5.54 Å². The molecule has 1 amide bonds. The summed E-state index contributed by atoms with van der Waals surface area (Å²) >= 11 is 0. The highest BCUT2D eigenvalue weighted by atomic mass is 16.4. The van der Waals surface area contributed by atoms with Crippen molar-refractivity contribution in [1.29, 1.82) is 0 Å². The number of hydrogen-bond donors (Lipinski definition) is 2. The van der Waals surface area contributed by atoms with Gasteiger partial charge in [0.2, 0.25) is 5.91 Å². The van der Waals surface area contributed by atoms with Gasteiger partial charge in [-0.1, -0.05) is 0 Å². The van der Waals surface area contributed by atoms with Crippen LogP contribution in [0.2, 0.25) is 0 Å². The number of carbonyl (C=O) groups is 2. The quantitative estimate of drug-likeness (QED) is 0.745. The first-order chi connectivity index (χ1) is 6.97. The molecular weight excluding hydrogens is 208 g/mol. The summed E-state index contributed by atoms with van der Waals surface area (Å²) in [6, 6.07) is 0. The van der Waals surface area contributed by atoms with Crippen LogP contribution < -0.4 is 5.32 Å². The van der Waals surface area contributed by atoms with E-state index in [0.29, 0.717) is 0 Å². The maximum atomic E-state index is 11.6. The summed E-state index contributed by atoms with van der Waals surface area (Å²) < 4.78 is 0. The highest BCUT2D eigenvalue weighted by Crippen LogP contribution is 2.11. The van der Waals surface area contributed by atoms with Gasteiger partial charge in [0.15, 0.2) is 0 Å². The van der Waals surface area contributed by atoms with Crippen molar-refractivity contribution in [3.63, 3.8) is 0 Å². The Morgan fingerprint density at radius 3 is 1.94 bits per heavy atom. The van der Waals surface area contributed by atoms with Crippen molar-refractivity contribution < 1.29 is 14.7 Å². The average Bonchev–Trinajstić information content (AvgIpc) is 1.99. The molecule has 0 aliphatic rings. The molecule has 16 heavy (non-hydrogen) atoms. The molecule has 0 heterocycles. The van der Waals surface area contributed by atoms with Crippen LogP contribution in [-0.2, 0) is 9.59 Å². The van der Waals surface area contributed by atoms with Gasteiger partial charge in [0.05, 0.1) is 6.54 Å². The van der Waals surface area contributed by atoms with Crippen molar-refractivity contribution in [2.75, 3.05) is 13.6 Å². The number of carbonyl (C=O) groups excluding carboxylic acids is 1. The van der Waals surface area contributed by atoms with Gasteiger partial charge in [-0.25, -0.2) is 0 Å². The maximum absolute atomic E-state index is 11.6. The Labute approximate surface area is 96.8 Å². The molecule has 0 aliphatic carbocycles. The third-order valence-electron chi connectivity index (χ3n) is 2.37. The molecule has 5 heteroatoms. The fraction of sp³-hybridized carbons (Fsp3) is 0.818. The lowest BCUT2D eigenvalue weighted by atomic mass is 10.0. The third kappa shape index (κ3) is 4.61. The number of nitrogens with zero attached hydrogens (tertiary/aromatic N) is 1. The smallest absolute Gasteiger partial charge is 0.323 e. The SMILES string of the molecule is CN(CC(=O)NC(C)(C)C)C(C)(C)C(=O)O. The summed E-state index contributed by atoms with van der Waals surface area (Å²) in [7, 11) is 1.62. The number of rotatable bonds is 4. The number of carboxylic acids is 1. The second-order valence-corrected chi connectivity index (χ2v) is 5.52. The molecule has 0 rings (SSSR count). The molecule has 94 valence electrons. The van der Waals surface area contributed by atoms with Crippen molar-refractivity contribution in [3.05, 3.63) is 0 Å². The molecule has 0 bridgehead atoms. The lowest BCUT2D eigenvalue weighted by molar-refractivity contribution is -0.149. The minimum Gasteiger partial charge on any atom is -0.480 e. The van der Waals surface area contributed by atoms with E-state index in [9.17, 15) is 9.59 Å². The Morgan fingerprint density at radius 2 is 1.62 bits per heavy atom. The number of hydrogen-bond acceptors (Lipinski definition) is 3. The van der Waals surface area contributed by atoms with Crippen molar-refractivity contribution in [2.24, 2.45) is 0 Å². The number of likely N-dealkylation sites (N-methyl/N-ethyl adjacent to an activating group) is 1. The highest BCUT2D eigenvalue weighted by Gasteiger charge is 2.33. The topological polar surface area (TPSA) is 69.6 Å². The molecule has 0 atom stereocenters. The van der Waals surface area contributed by atoms with Crippen LogP contribution >= 0.6 is 0 Å². The van der Waals surface area contributed by atoms with Crippen molar-refractivity contribution in [3.8, 4) is 0 Å². The third-order valence-corrected chi connectivity index (χ3v) is 2.37.